The maximum atomic E-state index is 13.5. The van der Waals surface area contributed by atoms with E-state index in [9.17, 15) is 19.2 Å². The van der Waals surface area contributed by atoms with E-state index >= 15 is 0 Å². The molecule has 3 aliphatic heterocycles. The Balaban J connectivity index is 0.922. The van der Waals surface area contributed by atoms with Gasteiger partial charge in [-0.1, -0.05) is 67.4 Å². The normalized spacial score (nSPS) is 19.9. The Hall–Kier alpha value is -5.19. The molecule has 4 N–H and O–H groups in total. The summed E-state index contributed by atoms with van der Waals surface area (Å²) in [6.45, 7) is 5.14. The van der Waals surface area contributed by atoms with Gasteiger partial charge >= 0.3 is 18.2 Å². The van der Waals surface area contributed by atoms with E-state index in [0.717, 1.165) is 48.9 Å². The first-order chi connectivity index (χ1) is 28.9. The van der Waals surface area contributed by atoms with Crippen LogP contribution in [0.5, 0.6) is 0 Å². The van der Waals surface area contributed by atoms with E-state index in [-0.39, 0.29) is 31.1 Å². The number of aromatic nitrogens is 2. The third kappa shape index (κ3) is 13.4. The van der Waals surface area contributed by atoms with Gasteiger partial charge in [-0.25, -0.2) is 19.4 Å². The highest BCUT2D eigenvalue weighted by molar-refractivity contribution is 5.79. The van der Waals surface area contributed by atoms with E-state index in [1.807, 2.05) is 67.1 Å². The van der Waals surface area contributed by atoms with Gasteiger partial charge in [0.25, 0.3) is 0 Å². The van der Waals surface area contributed by atoms with Crippen molar-refractivity contribution in [3.63, 3.8) is 0 Å². The molecule has 0 saturated carbocycles. The number of benzene rings is 2. The lowest BCUT2D eigenvalue weighted by Crippen LogP contribution is -2.55. The van der Waals surface area contributed by atoms with Crippen LogP contribution in [0.3, 0.4) is 0 Å². The molecule has 4 heterocycles. The number of carbonyl (C=O) groups excluding carboxylic acids is 4. The molecule has 6 rings (SSSR count). The molecule has 16 heteroatoms. The van der Waals surface area contributed by atoms with Crippen LogP contribution < -0.4 is 16.4 Å². The maximum absolute atomic E-state index is 13.5. The monoisotopic (exact) mass is 816 g/mol. The average molecular weight is 817 g/mol. The Morgan fingerprint density at radius 2 is 1.49 bits per heavy atom. The van der Waals surface area contributed by atoms with E-state index in [1.165, 1.54) is 0 Å². The van der Waals surface area contributed by atoms with Crippen molar-refractivity contribution in [1.29, 1.82) is 0 Å². The van der Waals surface area contributed by atoms with Crippen LogP contribution in [0.25, 0.3) is 0 Å². The molecule has 3 fully saturated rings. The van der Waals surface area contributed by atoms with Gasteiger partial charge in [-0.3, -0.25) is 4.79 Å². The number of urea groups is 1. The summed E-state index contributed by atoms with van der Waals surface area (Å²) in [6.07, 6.45) is 8.30. The van der Waals surface area contributed by atoms with Crippen LogP contribution in [-0.2, 0) is 50.0 Å². The summed E-state index contributed by atoms with van der Waals surface area (Å²) in [4.78, 5) is 61.4. The van der Waals surface area contributed by atoms with Crippen LogP contribution in [-0.4, -0.2) is 126 Å². The van der Waals surface area contributed by atoms with Gasteiger partial charge in [0.2, 0.25) is 5.91 Å². The summed E-state index contributed by atoms with van der Waals surface area (Å²) in [7, 11) is 0. The zero-order valence-electron chi connectivity index (χ0n) is 34.0. The molecule has 3 atom stereocenters. The number of likely N-dealkylation sites (tertiary alicyclic amines) is 1. The number of piperazine rings is 1. The summed E-state index contributed by atoms with van der Waals surface area (Å²) in [5.74, 6) is -0.0989. The molecule has 0 spiro atoms. The van der Waals surface area contributed by atoms with E-state index < -0.39 is 30.5 Å². The average Bonchev–Trinajstić information content (AvgIpc) is 3.81. The molecular weight excluding hydrogens is 757 g/mol. The fourth-order valence-corrected chi connectivity index (χ4v) is 7.58. The molecule has 5 amide bonds. The summed E-state index contributed by atoms with van der Waals surface area (Å²) >= 11 is 0. The Labute approximate surface area is 346 Å². The Kier molecular flexibility index (Phi) is 16.8. The Morgan fingerprint density at radius 3 is 2.22 bits per heavy atom. The van der Waals surface area contributed by atoms with Gasteiger partial charge in [0.05, 0.1) is 19.5 Å². The molecule has 3 aliphatic rings. The van der Waals surface area contributed by atoms with Crippen LogP contribution in [0.1, 0.15) is 61.6 Å². The summed E-state index contributed by atoms with van der Waals surface area (Å²) in [5, 5.41) is 6.03. The minimum atomic E-state index is -0.696. The third-order valence-corrected chi connectivity index (χ3v) is 11.2. The number of aryl methyl sites for hydroxylation is 1. The lowest BCUT2D eigenvalue weighted by Gasteiger charge is -2.39. The van der Waals surface area contributed by atoms with Crippen molar-refractivity contribution in [2.75, 3.05) is 59.0 Å². The highest BCUT2D eigenvalue weighted by Crippen LogP contribution is 2.25. The number of hydrogen-bond acceptors (Lipinski definition) is 10. The van der Waals surface area contributed by atoms with E-state index in [1.54, 1.807) is 20.9 Å². The number of ether oxygens (including phenoxy) is 4. The summed E-state index contributed by atoms with van der Waals surface area (Å²) in [5.41, 5.74) is 8.62. The molecule has 320 valence electrons. The number of nitrogens with zero attached hydrogens (tertiary/aromatic N) is 5. The van der Waals surface area contributed by atoms with Gasteiger partial charge in [-0.05, 0) is 42.4 Å². The van der Waals surface area contributed by atoms with Gasteiger partial charge < -0.3 is 54.6 Å². The van der Waals surface area contributed by atoms with E-state index in [2.05, 4.69) is 20.2 Å². The Morgan fingerprint density at radius 1 is 0.780 bits per heavy atom. The highest BCUT2D eigenvalue weighted by atomic mass is 16.6. The fourth-order valence-electron chi connectivity index (χ4n) is 7.58. The fraction of sp³-hybridized carbons (Fsp3) is 0.558. The minimum absolute atomic E-state index is 0.0411. The molecule has 16 nitrogen and oxygen atoms in total. The number of nitrogens with two attached hydrogens (primary N) is 1. The van der Waals surface area contributed by atoms with E-state index in [0.29, 0.717) is 84.8 Å². The standard InChI is InChI=1S/C43H60N8O8/c44-28-33-10-12-34(13-11-33)29-47-41(53)49-23-25-51(26-24-49)43(55)59-37-16-27-56-38(39(37)57-30-35-8-4-3-5-9-35)31-58-42(54)50-20-14-36(15-21-50)40(52)46-17-6-1-2-7-19-48-22-18-45-32-48/h3-5,8-13,18,22,32,36-39H,1-2,6-7,14-17,19-21,23-31,44H2,(H,46,52)(H,47,53)/t37-,38-,39+/m1/s1. The number of nitrogens with one attached hydrogen (secondary N) is 2. The van der Waals surface area contributed by atoms with Crippen molar-refractivity contribution in [3.05, 3.63) is 90.0 Å². The smallest absolute Gasteiger partial charge is 0.410 e. The number of carbonyl (C=O) groups is 4. The lowest BCUT2D eigenvalue weighted by atomic mass is 9.96. The number of rotatable bonds is 17. The predicted molar refractivity (Wildman–Crippen MR) is 219 cm³/mol. The largest absolute Gasteiger partial charge is 0.447 e. The number of imidazole rings is 1. The quantitative estimate of drug-likeness (QED) is 0.167. The van der Waals surface area contributed by atoms with Gasteiger partial charge in [0.15, 0.2) is 0 Å². The molecule has 59 heavy (non-hydrogen) atoms. The van der Waals surface area contributed by atoms with E-state index in [4.69, 9.17) is 24.7 Å². The lowest BCUT2D eigenvalue weighted by molar-refractivity contribution is -0.178. The number of amides is 5. The van der Waals surface area contributed by atoms with Gasteiger partial charge in [0, 0.05) is 90.2 Å². The first-order valence-corrected chi connectivity index (χ1v) is 21.0. The van der Waals surface area contributed by atoms with Gasteiger partial charge in [-0.2, -0.15) is 0 Å². The molecule has 1 aromatic heterocycles. The van der Waals surface area contributed by atoms with Crippen LogP contribution in [0.15, 0.2) is 73.3 Å². The van der Waals surface area contributed by atoms with Crippen molar-refractivity contribution in [2.24, 2.45) is 11.7 Å². The summed E-state index contributed by atoms with van der Waals surface area (Å²) < 4.78 is 26.3. The van der Waals surface area contributed by atoms with Crippen molar-refractivity contribution in [1.82, 2.24) is 34.9 Å². The molecule has 0 bridgehead atoms. The second kappa shape index (κ2) is 22.8. The van der Waals surface area contributed by atoms with Crippen LogP contribution in [0, 0.1) is 5.92 Å². The molecular formula is C43H60N8O8. The van der Waals surface area contributed by atoms with Crippen LogP contribution in [0.2, 0.25) is 0 Å². The number of unbranched alkanes of at least 4 members (excludes halogenated alkanes) is 3. The third-order valence-electron chi connectivity index (χ3n) is 11.2. The zero-order valence-corrected chi connectivity index (χ0v) is 34.0. The van der Waals surface area contributed by atoms with Crippen molar-refractivity contribution in [2.45, 2.75) is 89.5 Å². The second-order valence-electron chi connectivity index (χ2n) is 15.4. The molecule has 3 aromatic rings. The molecule has 3 saturated heterocycles. The topological polar surface area (TPSA) is 183 Å². The van der Waals surface area contributed by atoms with Crippen molar-refractivity contribution in [3.8, 4) is 0 Å². The second-order valence-corrected chi connectivity index (χ2v) is 15.4. The summed E-state index contributed by atoms with van der Waals surface area (Å²) in [6, 6.07) is 17.3. The highest BCUT2D eigenvalue weighted by Gasteiger charge is 2.40. The predicted octanol–water partition coefficient (Wildman–Crippen LogP) is 4.27. The zero-order chi connectivity index (χ0) is 41.2. The minimum Gasteiger partial charge on any atom is -0.447 e. The van der Waals surface area contributed by atoms with Crippen LogP contribution >= 0.6 is 0 Å². The van der Waals surface area contributed by atoms with Crippen molar-refractivity contribution >= 4 is 24.1 Å². The molecule has 2 aromatic carbocycles. The number of hydrogen-bond donors (Lipinski definition) is 3. The Bertz CT molecular complexity index is 1730. The maximum Gasteiger partial charge on any atom is 0.410 e. The van der Waals surface area contributed by atoms with Gasteiger partial charge in [-0.15, -0.1) is 0 Å². The van der Waals surface area contributed by atoms with Gasteiger partial charge in [0.1, 0.15) is 24.9 Å². The first-order valence-electron chi connectivity index (χ1n) is 21.0. The first kappa shape index (κ1) is 43.4. The van der Waals surface area contributed by atoms with Crippen molar-refractivity contribution < 1.29 is 38.1 Å². The van der Waals surface area contributed by atoms with Crippen LogP contribution in [0.4, 0.5) is 14.4 Å². The molecule has 0 radical (unpaired) electrons. The number of piperidine rings is 1. The molecule has 0 aliphatic carbocycles. The SMILES string of the molecule is NCc1ccc(CNC(=O)N2CCN(C(=O)O[C@@H]3CCO[C@H](COC(=O)N4CCC(C(=O)NCCCCCCn5ccnc5)CC4)[C@H]3OCc3ccccc3)CC2)cc1. The molecule has 0 unspecified atom stereocenters.